The number of halogens is 1. The zero-order chi connectivity index (χ0) is 18.8. The van der Waals surface area contributed by atoms with E-state index in [4.69, 9.17) is 9.52 Å². The van der Waals surface area contributed by atoms with E-state index in [1.807, 2.05) is 6.07 Å². The Bertz CT molecular complexity index is 672. The van der Waals surface area contributed by atoms with Gasteiger partial charge in [-0.2, -0.15) is 4.98 Å². The van der Waals surface area contributed by atoms with Crippen LogP contribution in [0.4, 0.5) is 0 Å². The predicted molar refractivity (Wildman–Crippen MR) is 121 cm³/mol. The summed E-state index contributed by atoms with van der Waals surface area (Å²) in [6, 6.07) is 10.5. The average molecular weight is 485 g/mol. The van der Waals surface area contributed by atoms with Crippen LogP contribution in [0.1, 0.15) is 63.2 Å². The van der Waals surface area contributed by atoms with E-state index in [1.54, 1.807) is 0 Å². The summed E-state index contributed by atoms with van der Waals surface area (Å²) in [5.74, 6) is 3.01. The Morgan fingerprint density at radius 1 is 1.15 bits per heavy atom. The average Bonchev–Trinajstić information content (AvgIpc) is 3.13. The van der Waals surface area contributed by atoms with Gasteiger partial charge in [0, 0.05) is 37.9 Å². The van der Waals surface area contributed by atoms with E-state index < -0.39 is 0 Å². The molecule has 0 saturated heterocycles. The van der Waals surface area contributed by atoms with Gasteiger partial charge in [0.25, 0.3) is 0 Å². The molecule has 0 bridgehead atoms. The number of rotatable bonds is 9. The van der Waals surface area contributed by atoms with E-state index in [0.29, 0.717) is 17.7 Å². The number of benzene rings is 1. The molecule has 0 saturated carbocycles. The molecule has 1 heterocycles. The van der Waals surface area contributed by atoms with Crippen LogP contribution in [0.3, 0.4) is 0 Å². The van der Waals surface area contributed by atoms with Crippen LogP contribution in [-0.2, 0) is 6.42 Å². The molecule has 7 heteroatoms. The molecular formula is C20H32IN5O. The van der Waals surface area contributed by atoms with Crippen molar-refractivity contribution in [2.45, 2.75) is 52.4 Å². The summed E-state index contributed by atoms with van der Waals surface area (Å²) in [5.41, 5.74) is 1.31. The topological polar surface area (TPSA) is 75.3 Å². The number of guanidine groups is 1. The van der Waals surface area contributed by atoms with Gasteiger partial charge in [-0.3, -0.25) is 4.99 Å². The maximum atomic E-state index is 5.27. The highest BCUT2D eigenvalue weighted by atomic mass is 127. The van der Waals surface area contributed by atoms with Crippen LogP contribution in [0.2, 0.25) is 0 Å². The maximum absolute atomic E-state index is 5.27. The summed E-state index contributed by atoms with van der Waals surface area (Å²) in [4.78, 5) is 9.11. The molecule has 150 valence electrons. The predicted octanol–water partition coefficient (Wildman–Crippen LogP) is 4.10. The first-order valence-electron chi connectivity index (χ1n) is 9.49. The molecule has 0 fully saturated rings. The summed E-state index contributed by atoms with van der Waals surface area (Å²) in [5, 5.41) is 10.7. The van der Waals surface area contributed by atoms with E-state index in [9.17, 15) is 0 Å². The van der Waals surface area contributed by atoms with Crippen molar-refractivity contribution in [2.75, 3.05) is 19.6 Å². The lowest BCUT2D eigenvalue weighted by Crippen LogP contribution is -2.38. The third kappa shape index (κ3) is 8.28. The first-order chi connectivity index (χ1) is 12.6. The van der Waals surface area contributed by atoms with Gasteiger partial charge >= 0.3 is 0 Å². The molecule has 1 unspecified atom stereocenters. The lowest BCUT2D eigenvalue weighted by atomic mass is 10.0. The standard InChI is InChI=1S/C20H31N5O.HI/c1-5-21-20(23-14-16(4)17-10-7-6-8-11-17)22-13-9-12-18-24-19(15(2)3)25-26-18;/h6-8,10-11,15-16H,5,9,12-14H2,1-4H3,(H2,21,22,23);1H. The first kappa shape index (κ1) is 23.4. The number of hydrogen-bond acceptors (Lipinski definition) is 4. The highest BCUT2D eigenvalue weighted by Gasteiger charge is 2.09. The minimum atomic E-state index is 0. The molecule has 1 atom stereocenters. The molecule has 27 heavy (non-hydrogen) atoms. The van der Waals surface area contributed by atoms with Crippen molar-refractivity contribution in [1.82, 2.24) is 20.8 Å². The van der Waals surface area contributed by atoms with Gasteiger partial charge in [0.2, 0.25) is 5.89 Å². The van der Waals surface area contributed by atoms with Crippen molar-refractivity contribution < 1.29 is 4.52 Å². The zero-order valence-corrected chi connectivity index (χ0v) is 19.1. The van der Waals surface area contributed by atoms with Crippen molar-refractivity contribution in [3.05, 3.63) is 47.6 Å². The summed E-state index contributed by atoms with van der Waals surface area (Å²) in [7, 11) is 0. The molecule has 0 amide bonds. The Hall–Kier alpha value is -1.64. The fraction of sp³-hybridized carbons (Fsp3) is 0.550. The molecule has 0 aliphatic heterocycles. The lowest BCUT2D eigenvalue weighted by Gasteiger charge is -2.13. The van der Waals surface area contributed by atoms with Crippen molar-refractivity contribution in [3.63, 3.8) is 0 Å². The van der Waals surface area contributed by atoms with E-state index in [2.05, 4.69) is 72.7 Å². The van der Waals surface area contributed by atoms with Crippen LogP contribution >= 0.6 is 24.0 Å². The molecule has 2 aromatic rings. The molecule has 2 N–H and O–H groups in total. The van der Waals surface area contributed by atoms with Crippen LogP contribution < -0.4 is 10.6 Å². The second kappa shape index (κ2) is 12.7. The van der Waals surface area contributed by atoms with Crippen molar-refractivity contribution in [1.29, 1.82) is 0 Å². The molecule has 0 radical (unpaired) electrons. The highest BCUT2D eigenvalue weighted by molar-refractivity contribution is 14.0. The van der Waals surface area contributed by atoms with Crippen LogP contribution in [0.25, 0.3) is 0 Å². The first-order valence-corrected chi connectivity index (χ1v) is 9.49. The molecule has 0 aliphatic rings. The van der Waals surface area contributed by atoms with Crippen molar-refractivity contribution in [3.8, 4) is 0 Å². The fourth-order valence-corrected chi connectivity index (χ4v) is 2.51. The fourth-order valence-electron chi connectivity index (χ4n) is 2.51. The smallest absolute Gasteiger partial charge is 0.226 e. The third-order valence-corrected chi connectivity index (χ3v) is 4.10. The monoisotopic (exact) mass is 485 g/mol. The van der Waals surface area contributed by atoms with Crippen LogP contribution in [0.5, 0.6) is 0 Å². The van der Waals surface area contributed by atoms with Gasteiger partial charge in [0.15, 0.2) is 11.8 Å². The Kier molecular flexibility index (Phi) is 11.0. The minimum absolute atomic E-state index is 0. The normalized spacial score (nSPS) is 12.6. The Balaban J connectivity index is 0.00000364. The summed E-state index contributed by atoms with van der Waals surface area (Å²) in [6.45, 7) is 10.8. The SMILES string of the molecule is CCNC(=NCC(C)c1ccccc1)NCCCc1nc(C(C)C)no1.I. The number of aromatic nitrogens is 2. The second-order valence-corrected chi connectivity index (χ2v) is 6.76. The molecule has 1 aromatic heterocycles. The zero-order valence-electron chi connectivity index (χ0n) is 16.7. The van der Waals surface area contributed by atoms with Crippen LogP contribution in [-0.4, -0.2) is 35.7 Å². The van der Waals surface area contributed by atoms with Gasteiger partial charge in [0.1, 0.15) is 0 Å². The van der Waals surface area contributed by atoms with Gasteiger partial charge < -0.3 is 15.2 Å². The summed E-state index contributed by atoms with van der Waals surface area (Å²) < 4.78 is 5.27. The molecule has 0 aliphatic carbocycles. The quantitative estimate of drug-likeness (QED) is 0.242. The van der Waals surface area contributed by atoms with E-state index >= 15 is 0 Å². The molecular weight excluding hydrogens is 453 g/mol. The van der Waals surface area contributed by atoms with Crippen LogP contribution in [0.15, 0.2) is 39.8 Å². The molecule has 6 nitrogen and oxygen atoms in total. The lowest BCUT2D eigenvalue weighted by molar-refractivity contribution is 0.368. The minimum Gasteiger partial charge on any atom is -0.357 e. The molecule has 0 spiro atoms. The Morgan fingerprint density at radius 2 is 1.89 bits per heavy atom. The van der Waals surface area contributed by atoms with E-state index in [1.165, 1.54) is 5.56 Å². The molecule has 2 rings (SSSR count). The highest BCUT2D eigenvalue weighted by Crippen LogP contribution is 2.14. The summed E-state index contributed by atoms with van der Waals surface area (Å²) in [6.07, 6.45) is 1.69. The third-order valence-electron chi connectivity index (χ3n) is 4.10. The van der Waals surface area contributed by atoms with Gasteiger partial charge in [0.05, 0.1) is 0 Å². The van der Waals surface area contributed by atoms with Crippen molar-refractivity contribution in [2.24, 2.45) is 4.99 Å². The second-order valence-electron chi connectivity index (χ2n) is 6.76. The molecule has 1 aromatic carbocycles. The number of aryl methyl sites for hydroxylation is 1. The van der Waals surface area contributed by atoms with E-state index in [-0.39, 0.29) is 24.0 Å². The Morgan fingerprint density at radius 3 is 2.52 bits per heavy atom. The number of nitrogens with zero attached hydrogens (tertiary/aromatic N) is 3. The van der Waals surface area contributed by atoms with Gasteiger partial charge in [-0.15, -0.1) is 24.0 Å². The van der Waals surface area contributed by atoms with Gasteiger partial charge in [-0.05, 0) is 18.9 Å². The number of hydrogen-bond donors (Lipinski definition) is 2. The van der Waals surface area contributed by atoms with Crippen LogP contribution in [0, 0.1) is 0 Å². The van der Waals surface area contributed by atoms with Crippen molar-refractivity contribution >= 4 is 29.9 Å². The van der Waals surface area contributed by atoms with Gasteiger partial charge in [-0.25, -0.2) is 0 Å². The Labute approximate surface area is 179 Å². The van der Waals surface area contributed by atoms with E-state index in [0.717, 1.165) is 44.3 Å². The number of aliphatic imine (C=N–C) groups is 1. The summed E-state index contributed by atoms with van der Waals surface area (Å²) >= 11 is 0. The maximum Gasteiger partial charge on any atom is 0.226 e. The largest absolute Gasteiger partial charge is 0.357 e. The van der Waals surface area contributed by atoms with Gasteiger partial charge in [-0.1, -0.05) is 56.3 Å². The number of nitrogens with one attached hydrogen (secondary N) is 2.